The number of nitrogens with zero attached hydrogens (tertiary/aromatic N) is 1. The van der Waals surface area contributed by atoms with Crippen LogP contribution in [0, 0.1) is 0 Å². The van der Waals surface area contributed by atoms with Crippen LogP contribution in [-0.4, -0.2) is 24.3 Å². The quantitative estimate of drug-likeness (QED) is 0.479. The minimum Gasteiger partial charge on any atom is -0.352 e. The summed E-state index contributed by atoms with van der Waals surface area (Å²) in [5.41, 5.74) is 2.42. The van der Waals surface area contributed by atoms with Gasteiger partial charge in [-0.05, 0) is 54.4 Å². The van der Waals surface area contributed by atoms with E-state index >= 15 is 0 Å². The number of hydrogen-bond donors (Lipinski definition) is 2. The molecule has 0 aromatic heterocycles. The lowest BCUT2D eigenvalue weighted by Crippen LogP contribution is -2.32. The Bertz CT molecular complexity index is 1240. The van der Waals surface area contributed by atoms with Crippen molar-refractivity contribution >= 4 is 52.3 Å². The summed E-state index contributed by atoms with van der Waals surface area (Å²) in [6.45, 7) is 0.515. The fourth-order valence-electron chi connectivity index (χ4n) is 3.38. The molecule has 0 saturated carbocycles. The number of imide groups is 1. The lowest BCUT2D eigenvalue weighted by atomic mass is 10.1. The molecule has 0 atom stereocenters. The molecule has 33 heavy (non-hydrogen) atoms. The van der Waals surface area contributed by atoms with Crippen LogP contribution in [0.15, 0.2) is 89.6 Å². The summed E-state index contributed by atoms with van der Waals surface area (Å²) in [5.74, 6) is -1.43. The van der Waals surface area contributed by atoms with Crippen molar-refractivity contribution in [2.45, 2.75) is 6.42 Å². The summed E-state index contributed by atoms with van der Waals surface area (Å²) in [6.07, 6.45) is 0.734. The van der Waals surface area contributed by atoms with Crippen molar-refractivity contribution in [3.05, 3.63) is 106 Å². The molecule has 0 fully saturated rings. The molecule has 3 aromatic rings. The van der Waals surface area contributed by atoms with Crippen molar-refractivity contribution in [3.8, 4) is 0 Å². The number of carbonyl (C=O) groups is 3. The van der Waals surface area contributed by atoms with Crippen LogP contribution >= 0.6 is 23.2 Å². The molecule has 0 unspecified atom stereocenters. The molecule has 1 aliphatic rings. The van der Waals surface area contributed by atoms with Gasteiger partial charge in [-0.2, -0.15) is 0 Å². The Balaban J connectivity index is 1.39. The number of nitrogens with one attached hydrogen (secondary N) is 2. The molecule has 0 spiro atoms. The molecule has 4 rings (SSSR count). The number of hydrogen-bond acceptors (Lipinski definition) is 4. The average Bonchev–Trinajstić information content (AvgIpc) is 3.03. The van der Waals surface area contributed by atoms with Gasteiger partial charge >= 0.3 is 0 Å². The summed E-state index contributed by atoms with van der Waals surface area (Å²) in [4.78, 5) is 38.7. The smallest absolute Gasteiger partial charge is 0.283 e. The van der Waals surface area contributed by atoms with Crippen molar-refractivity contribution in [1.82, 2.24) is 5.32 Å². The number of amides is 3. The molecule has 2 N–H and O–H groups in total. The number of rotatable bonds is 7. The van der Waals surface area contributed by atoms with Gasteiger partial charge in [0.25, 0.3) is 17.7 Å². The number of benzene rings is 3. The van der Waals surface area contributed by atoms with E-state index in [1.165, 1.54) is 6.07 Å². The fourth-order valence-corrected chi connectivity index (χ4v) is 3.77. The highest BCUT2D eigenvalue weighted by Crippen LogP contribution is 2.31. The molecule has 0 bridgehead atoms. The Morgan fingerprint density at radius 1 is 0.848 bits per heavy atom. The first kappa shape index (κ1) is 22.6. The van der Waals surface area contributed by atoms with E-state index in [4.69, 9.17) is 23.2 Å². The molecular weight excluding hydrogens is 461 g/mol. The second-order valence-electron chi connectivity index (χ2n) is 7.31. The maximum absolute atomic E-state index is 12.8. The lowest BCUT2D eigenvalue weighted by molar-refractivity contribution is -0.120. The maximum Gasteiger partial charge on any atom is 0.283 e. The Morgan fingerprint density at radius 3 is 2.27 bits per heavy atom. The zero-order valence-corrected chi connectivity index (χ0v) is 18.9. The molecule has 1 heterocycles. The van der Waals surface area contributed by atoms with Gasteiger partial charge in [0.15, 0.2) is 0 Å². The largest absolute Gasteiger partial charge is 0.352 e. The van der Waals surface area contributed by atoms with E-state index in [0.29, 0.717) is 28.5 Å². The molecule has 3 aromatic carbocycles. The minimum atomic E-state index is -0.638. The average molecular weight is 480 g/mol. The topological polar surface area (TPSA) is 78.5 Å². The third-order valence-electron chi connectivity index (χ3n) is 5.05. The van der Waals surface area contributed by atoms with Crippen LogP contribution in [0.4, 0.5) is 11.4 Å². The minimum absolute atomic E-state index is 0.0401. The van der Waals surface area contributed by atoms with E-state index in [1.54, 1.807) is 42.5 Å². The van der Waals surface area contributed by atoms with E-state index in [9.17, 15) is 14.4 Å². The maximum atomic E-state index is 12.8. The normalized spacial score (nSPS) is 13.5. The van der Waals surface area contributed by atoms with E-state index in [1.807, 2.05) is 30.3 Å². The van der Waals surface area contributed by atoms with E-state index in [2.05, 4.69) is 10.6 Å². The van der Waals surface area contributed by atoms with Crippen molar-refractivity contribution in [2.75, 3.05) is 16.8 Å². The van der Waals surface area contributed by atoms with E-state index in [0.717, 1.165) is 16.9 Å². The van der Waals surface area contributed by atoms with Gasteiger partial charge in [0.1, 0.15) is 10.7 Å². The van der Waals surface area contributed by atoms with Crippen LogP contribution in [0.2, 0.25) is 5.02 Å². The van der Waals surface area contributed by atoms with Crippen molar-refractivity contribution in [3.63, 3.8) is 0 Å². The summed E-state index contributed by atoms with van der Waals surface area (Å²) < 4.78 is 0. The molecule has 0 aliphatic carbocycles. The Morgan fingerprint density at radius 2 is 1.58 bits per heavy atom. The van der Waals surface area contributed by atoms with E-state index in [-0.39, 0.29) is 16.6 Å². The van der Waals surface area contributed by atoms with Gasteiger partial charge in [-0.15, -0.1) is 0 Å². The third kappa shape index (κ3) is 5.08. The highest BCUT2D eigenvalue weighted by Gasteiger charge is 2.39. The number of halogens is 2. The molecule has 0 radical (unpaired) electrons. The monoisotopic (exact) mass is 479 g/mol. The van der Waals surface area contributed by atoms with Crippen LogP contribution < -0.4 is 15.5 Å². The molecule has 8 heteroatoms. The predicted molar refractivity (Wildman–Crippen MR) is 129 cm³/mol. The number of anilines is 2. The van der Waals surface area contributed by atoms with Gasteiger partial charge in [0, 0.05) is 22.8 Å². The first-order valence-corrected chi connectivity index (χ1v) is 10.9. The molecular formula is C25H19Cl2N3O3. The molecule has 0 saturated heterocycles. The lowest BCUT2D eigenvalue weighted by Gasteiger charge is -2.15. The number of carbonyl (C=O) groups excluding carboxylic acids is 3. The fraction of sp³-hybridized carbons (Fsp3) is 0.0800. The standard InChI is InChI=1S/C25H19Cl2N3O3/c26-18-7-4-8-20(15-18)30-24(32)21(27)22(25(30)33)29-19-11-9-17(10-12-19)23(31)28-14-13-16-5-2-1-3-6-16/h1-12,15,29H,13-14H2,(H,28,31). The molecule has 1 aliphatic heterocycles. The zero-order chi connectivity index (χ0) is 23.4. The predicted octanol–water partition coefficient (Wildman–Crippen LogP) is 4.75. The third-order valence-corrected chi connectivity index (χ3v) is 5.64. The summed E-state index contributed by atoms with van der Waals surface area (Å²) in [7, 11) is 0. The highest BCUT2D eigenvalue weighted by molar-refractivity contribution is 6.53. The van der Waals surface area contributed by atoms with Gasteiger partial charge in [0.2, 0.25) is 0 Å². The summed E-state index contributed by atoms with van der Waals surface area (Å²) >= 11 is 12.1. The van der Waals surface area contributed by atoms with Gasteiger partial charge in [-0.1, -0.05) is 59.6 Å². The zero-order valence-electron chi connectivity index (χ0n) is 17.3. The van der Waals surface area contributed by atoms with Gasteiger partial charge in [-0.3, -0.25) is 14.4 Å². The Hall–Kier alpha value is -3.61. The Kier molecular flexibility index (Phi) is 6.77. The van der Waals surface area contributed by atoms with Gasteiger partial charge < -0.3 is 10.6 Å². The first-order chi connectivity index (χ1) is 15.9. The van der Waals surface area contributed by atoms with Crippen LogP contribution in [0.5, 0.6) is 0 Å². The van der Waals surface area contributed by atoms with Crippen LogP contribution in [0.3, 0.4) is 0 Å². The van der Waals surface area contributed by atoms with Crippen molar-refractivity contribution < 1.29 is 14.4 Å². The van der Waals surface area contributed by atoms with Gasteiger partial charge in [0.05, 0.1) is 5.69 Å². The Labute approximate surface area is 200 Å². The molecule has 6 nitrogen and oxygen atoms in total. The van der Waals surface area contributed by atoms with Crippen LogP contribution in [0.25, 0.3) is 0 Å². The van der Waals surface area contributed by atoms with Crippen molar-refractivity contribution in [1.29, 1.82) is 0 Å². The molecule has 166 valence electrons. The second-order valence-corrected chi connectivity index (χ2v) is 8.12. The molecule has 3 amide bonds. The SMILES string of the molecule is O=C(NCCc1ccccc1)c1ccc(NC2=C(Cl)C(=O)N(c3cccc(Cl)c3)C2=O)cc1. The first-order valence-electron chi connectivity index (χ1n) is 10.2. The van der Waals surface area contributed by atoms with E-state index < -0.39 is 11.8 Å². The highest BCUT2D eigenvalue weighted by atomic mass is 35.5. The van der Waals surface area contributed by atoms with Crippen molar-refractivity contribution in [2.24, 2.45) is 0 Å². The summed E-state index contributed by atoms with van der Waals surface area (Å²) in [6, 6.07) is 22.8. The van der Waals surface area contributed by atoms with Crippen LogP contribution in [0.1, 0.15) is 15.9 Å². The van der Waals surface area contributed by atoms with Crippen LogP contribution in [-0.2, 0) is 16.0 Å². The second kappa shape index (κ2) is 9.90. The van der Waals surface area contributed by atoms with Gasteiger partial charge in [-0.25, -0.2) is 4.90 Å². The summed E-state index contributed by atoms with van der Waals surface area (Å²) in [5, 5.41) is 5.94.